The van der Waals surface area contributed by atoms with Crippen LogP contribution in [0.1, 0.15) is 39.5 Å². The number of carbonyl (C=O) groups excluding carboxylic acids is 3. The molecule has 1 aromatic rings. The van der Waals surface area contributed by atoms with Crippen LogP contribution in [0.3, 0.4) is 0 Å². The number of benzene rings is 1. The first-order valence-corrected chi connectivity index (χ1v) is 10.3. The second kappa shape index (κ2) is 8.92. The Morgan fingerprint density at radius 3 is 2.10 bits per heavy atom. The molecule has 3 rings (SSSR count). The molecule has 6 heteroatoms. The molecule has 0 unspecified atom stereocenters. The Kier molecular flexibility index (Phi) is 6.48. The molecule has 1 fully saturated rings. The van der Waals surface area contributed by atoms with Crippen molar-refractivity contribution in [3.63, 3.8) is 0 Å². The van der Waals surface area contributed by atoms with E-state index < -0.39 is 17.4 Å². The number of likely N-dealkylation sites (N-methyl/N-ethyl adjacent to an activating group) is 1. The molecule has 2 aliphatic carbocycles. The lowest BCUT2D eigenvalue weighted by Gasteiger charge is -2.22. The predicted molar refractivity (Wildman–Crippen MR) is 118 cm³/mol. The quantitative estimate of drug-likeness (QED) is 0.414. The minimum atomic E-state index is -1.37. The van der Waals surface area contributed by atoms with Crippen LogP contribution in [0.4, 0.5) is 5.69 Å². The van der Waals surface area contributed by atoms with Crippen LogP contribution < -0.4 is 4.90 Å². The molecular formula is C25H29NO5. The number of anilines is 1. The Morgan fingerprint density at radius 1 is 0.935 bits per heavy atom. The van der Waals surface area contributed by atoms with Crippen LogP contribution in [0, 0.1) is 5.41 Å². The smallest absolute Gasteiger partial charge is 0.323 e. The molecule has 1 saturated carbocycles. The van der Waals surface area contributed by atoms with Gasteiger partial charge in [-0.3, -0.25) is 14.4 Å². The van der Waals surface area contributed by atoms with Crippen LogP contribution in [-0.2, 0) is 23.9 Å². The number of nitrogens with zero attached hydrogens (tertiary/aromatic N) is 1. The fourth-order valence-corrected chi connectivity index (χ4v) is 4.47. The molecule has 2 aliphatic rings. The summed E-state index contributed by atoms with van der Waals surface area (Å²) in [7, 11) is 4.32. The average molecular weight is 424 g/mol. The van der Waals surface area contributed by atoms with Gasteiger partial charge in [-0.05, 0) is 67.5 Å². The molecule has 1 amide bonds. The number of allylic oxidation sites excluding steroid dienone is 5. The fourth-order valence-electron chi connectivity index (χ4n) is 4.47. The summed E-state index contributed by atoms with van der Waals surface area (Å²) >= 11 is 0. The maximum atomic E-state index is 12.9. The largest absolute Gasteiger partial charge is 0.468 e. The highest BCUT2D eigenvalue weighted by molar-refractivity contribution is 6.03. The summed E-state index contributed by atoms with van der Waals surface area (Å²) in [6, 6.07) is 9.46. The van der Waals surface area contributed by atoms with Gasteiger partial charge in [-0.2, -0.15) is 0 Å². The molecule has 0 bridgehead atoms. The number of methoxy groups -OCH3 is 2. The Hall–Kier alpha value is -3.15. The second-order valence-electron chi connectivity index (χ2n) is 8.18. The number of amides is 1. The average Bonchev–Trinajstić information content (AvgIpc) is 3.18. The molecule has 1 aromatic carbocycles. The normalized spacial score (nSPS) is 19.1. The van der Waals surface area contributed by atoms with Gasteiger partial charge >= 0.3 is 11.9 Å². The zero-order valence-corrected chi connectivity index (χ0v) is 18.8. The van der Waals surface area contributed by atoms with E-state index in [-0.39, 0.29) is 18.7 Å². The lowest BCUT2D eigenvalue weighted by molar-refractivity contribution is -0.168. The third-order valence-electron chi connectivity index (χ3n) is 6.46. The van der Waals surface area contributed by atoms with Crippen LogP contribution in [0.15, 0.2) is 64.3 Å². The van der Waals surface area contributed by atoms with Gasteiger partial charge in [0.25, 0.3) is 5.91 Å². The first-order chi connectivity index (χ1) is 14.7. The van der Waals surface area contributed by atoms with Crippen molar-refractivity contribution in [3.05, 3.63) is 64.3 Å². The van der Waals surface area contributed by atoms with Crippen molar-refractivity contribution < 1.29 is 23.9 Å². The maximum absolute atomic E-state index is 12.9. The predicted octanol–water partition coefficient (Wildman–Crippen LogP) is 4.13. The molecule has 0 radical (unpaired) electrons. The first-order valence-electron chi connectivity index (χ1n) is 10.3. The van der Waals surface area contributed by atoms with Crippen LogP contribution in [0.2, 0.25) is 0 Å². The van der Waals surface area contributed by atoms with Crippen LogP contribution in [0.25, 0.3) is 0 Å². The summed E-state index contributed by atoms with van der Waals surface area (Å²) < 4.78 is 9.96. The zero-order chi connectivity index (χ0) is 22.8. The number of esters is 2. The van der Waals surface area contributed by atoms with Crippen molar-refractivity contribution in [2.45, 2.75) is 39.5 Å². The highest BCUT2D eigenvalue weighted by Gasteiger charge is 2.54. The summed E-state index contributed by atoms with van der Waals surface area (Å²) in [6.45, 7) is 3.98. The fraction of sp³-hybridized carbons (Fsp3) is 0.400. The van der Waals surface area contributed by atoms with Gasteiger partial charge in [-0.1, -0.05) is 23.8 Å². The molecule has 164 valence electrons. The van der Waals surface area contributed by atoms with Gasteiger partial charge in [0.2, 0.25) is 0 Å². The Balaban J connectivity index is 2.01. The van der Waals surface area contributed by atoms with Gasteiger partial charge in [-0.25, -0.2) is 0 Å². The number of para-hydroxylation sites is 1. The van der Waals surface area contributed by atoms with E-state index in [1.807, 2.05) is 44.2 Å². The van der Waals surface area contributed by atoms with Crippen LogP contribution in [-0.4, -0.2) is 39.1 Å². The molecule has 0 aromatic heterocycles. The minimum Gasteiger partial charge on any atom is -0.468 e. The molecule has 6 nitrogen and oxygen atoms in total. The van der Waals surface area contributed by atoms with E-state index >= 15 is 0 Å². The van der Waals surface area contributed by atoms with E-state index in [0.29, 0.717) is 0 Å². The SMILES string of the molecule is COC(=O)C1(C(=O)OC)CC2=C(C)CC/C(=C\C(=O)N(C)c3ccccc3)C(C)=C2C1. The molecule has 0 saturated heterocycles. The number of carbonyl (C=O) groups is 3. The highest BCUT2D eigenvalue weighted by atomic mass is 16.5. The number of hydrogen-bond acceptors (Lipinski definition) is 5. The number of rotatable bonds is 4. The van der Waals surface area contributed by atoms with Crippen molar-refractivity contribution in [1.82, 2.24) is 0 Å². The highest BCUT2D eigenvalue weighted by Crippen LogP contribution is 2.51. The van der Waals surface area contributed by atoms with E-state index in [0.717, 1.165) is 46.4 Å². The van der Waals surface area contributed by atoms with E-state index in [9.17, 15) is 14.4 Å². The monoisotopic (exact) mass is 423 g/mol. The van der Waals surface area contributed by atoms with Crippen LogP contribution in [0.5, 0.6) is 0 Å². The zero-order valence-electron chi connectivity index (χ0n) is 18.8. The lowest BCUT2D eigenvalue weighted by atomic mass is 9.84. The molecule has 31 heavy (non-hydrogen) atoms. The van der Waals surface area contributed by atoms with Crippen molar-refractivity contribution in [2.75, 3.05) is 26.2 Å². The van der Waals surface area contributed by atoms with E-state index in [2.05, 4.69) is 0 Å². The number of fused-ring (bicyclic) bond motifs is 1. The van der Waals surface area contributed by atoms with Gasteiger partial charge in [0.1, 0.15) is 0 Å². The van der Waals surface area contributed by atoms with E-state index in [1.165, 1.54) is 14.2 Å². The second-order valence-corrected chi connectivity index (χ2v) is 8.18. The van der Waals surface area contributed by atoms with E-state index in [4.69, 9.17) is 9.47 Å². The summed E-state index contributed by atoms with van der Waals surface area (Å²) in [6.07, 6.45) is 3.62. The summed E-state index contributed by atoms with van der Waals surface area (Å²) in [5.41, 5.74) is 4.36. The minimum absolute atomic E-state index is 0.118. The lowest BCUT2D eigenvalue weighted by Crippen LogP contribution is -2.39. The molecule has 0 heterocycles. The first kappa shape index (κ1) is 22.5. The number of hydrogen-bond donors (Lipinski definition) is 0. The molecular weight excluding hydrogens is 394 g/mol. The number of ether oxygens (including phenoxy) is 2. The van der Waals surface area contributed by atoms with Gasteiger partial charge in [-0.15, -0.1) is 0 Å². The van der Waals surface area contributed by atoms with Crippen molar-refractivity contribution in [2.24, 2.45) is 5.41 Å². The molecule has 0 atom stereocenters. The Morgan fingerprint density at radius 2 is 1.52 bits per heavy atom. The van der Waals surface area contributed by atoms with Gasteiger partial charge in [0.15, 0.2) is 5.41 Å². The van der Waals surface area contributed by atoms with Crippen molar-refractivity contribution in [3.8, 4) is 0 Å². The van der Waals surface area contributed by atoms with Crippen molar-refractivity contribution >= 4 is 23.5 Å². The topological polar surface area (TPSA) is 72.9 Å². The summed E-state index contributed by atoms with van der Waals surface area (Å²) in [5.74, 6) is -1.29. The van der Waals surface area contributed by atoms with Gasteiger partial charge < -0.3 is 14.4 Å². The standard InChI is InChI=1S/C25H29NO5/c1-16-11-12-18(13-22(27)26(3)19-9-7-6-8-10-19)17(2)21-15-25(14-20(16)21,23(28)30-4)24(29)31-5/h6-10,13H,11-12,14-15H2,1-5H3/b18-13+. The Bertz CT molecular complexity index is 984. The molecule has 0 aliphatic heterocycles. The third kappa shape index (κ3) is 4.07. The van der Waals surface area contributed by atoms with Crippen LogP contribution >= 0.6 is 0 Å². The summed E-state index contributed by atoms with van der Waals surface area (Å²) in [5, 5.41) is 0. The third-order valence-corrected chi connectivity index (χ3v) is 6.46. The Labute approximate surface area is 183 Å². The van der Waals surface area contributed by atoms with Gasteiger partial charge in [0.05, 0.1) is 14.2 Å². The van der Waals surface area contributed by atoms with E-state index in [1.54, 1.807) is 18.0 Å². The van der Waals surface area contributed by atoms with Crippen molar-refractivity contribution in [1.29, 1.82) is 0 Å². The molecule has 0 spiro atoms. The molecule has 0 N–H and O–H groups in total. The summed E-state index contributed by atoms with van der Waals surface area (Å²) in [4.78, 5) is 39.8. The van der Waals surface area contributed by atoms with Gasteiger partial charge in [0, 0.05) is 25.2 Å². The maximum Gasteiger partial charge on any atom is 0.323 e.